The lowest BCUT2D eigenvalue weighted by atomic mass is 10.0. The van der Waals surface area contributed by atoms with Crippen molar-refractivity contribution in [3.05, 3.63) is 53.6 Å². The standard InChI is InChI=1S/C24H32N2O2/c1-18(2)22-13-8-19(3)16-23(22)28-17-24(27)25-20-9-11-21(12-10-20)26-14-6-4-5-7-15-26/h8-13,16,18H,4-7,14-15,17H2,1-3H3,(H,25,27). The van der Waals surface area contributed by atoms with Crippen LogP contribution in [0.4, 0.5) is 11.4 Å². The van der Waals surface area contributed by atoms with Crippen LogP contribution in [-0.4, -0.2) is 25.6 Å². The lowest BCUT2D eigenvalue weighted by molar-refractivity contribution is -0.118. The minimum atomic E-state index is -0.140. The van der Waals surface area contributed by atoms with Crippen molar-refractivity contribution in [2.75, 3.05) is 29.9 Å². The molecule has 1 amide bonds. The Bertz CT molecular complexity index is 776. The Hall–Kier alpha value is -2.49. The van der Waals surface area contributed by atoms with E-state index in [9.17, 15) is 4.79 Å². The molecule has 1 heterocycles. The fourth-order valence-corrected chi connectivity index (χ4v) is 3.67. The number of rotatable bonds is 6. The summed E-state index contributed by atoms with van der Waals surface area (Å²) in [5.41, 5.74) is 4.29. The molecule has 0 radical (unpaired) electrons. The van der Waals surface area contributed by atoms with Crippen molar-refractivity contribution in [3.8, 4) is 5.75 Å². The van der Waals surface area contributed by atoms with Crippen LogP contribution >= 0.6 is 0 Å². The van der Waals surface area contributed by atoms with Crippen molar-refractivity contribution >= 4 is 17.3 Å². The largest absolute Gasteiger partial charge is 0.483 e. The van der Waals surface area contributed by atoms with E-state index in [1.165, 1.54) is 31.4 Å². The van der Waals surface area contributed by atoms with Crippen LogP contribution in [0.3, 0.4) is 0 Å². The fourth-order valence-electron chi connectivity index (χ4n) is 3.67. The minimum absolute atomic E-state index is 0.0110. The SMILES string of the molecule is Cc1ccc(C(C)C)c(OCC(=O)Nc2ccc(N3CCCCCC3)cc2)c1. The number of anilines is 2. The lowest BCUT2D eigenvalue weighted by Crippen LogP contribution is -2.24. The van der Waals surface area contributed by atoms with Gasteiger partial charge in [-0.1, -0.05) is 38.8 Å². The van der Waals surface area contributed by atoms with Crippen molar-refractivity contribution in [1.29, 1.82) is 0 Å². The highest BCUT2D eigenvalue weighted by Crippen LogP contribution is 2.27. The predicted molar refractivity (Wildman–Crippen MR) is 117 cm³/mol. The van der Waals surface area contributed by atoms with E-state index < -0.39 is 0 Å². The highest BCUT2D eigenvalue weighted by molar-refractivity contribution is 5.92. The average molecular weight is 381 g/mol. The second kappa shape index (κ2) is 9.63. The molecule has 1 N–H and O–H groups in total. The van der Waals surface area contributed by atoms with Crippen molar-refractivity contribution in [2.24, 2.45) is 0 Å². The van der Waals surface area contributed by atoms with E-state index in [2.05, 4.69) is 48.3 Å². The number of hydrogen-bond acceptors (Lipinski definition) is 3. The molecule has 28 heavy (non-hydrogen) atoms. The molecule has 2 aromatic rings. The Labute approximate surface area is 168 Å². The van der Waals surface area contributed by atoms with Crippen molar-refractivity contribution in [1.82, 2.24) is 0 Å². The summed E-state index contributed by atoms with van der Waals surface area (Å²) >= 11 is 0. The van der Waals surface area contributed by atoms with Crippen molar-refractivity contribution in [2.45, 2.75) is 52.4 Å². The molecule has 3 rings (SSSR count). The van der Waals surface area contributed by atoms with E-state index in [1.807, 2.05) is 25.1 Å². The van der Waals surface area contributed by atoms with Crippen LogP contribution in [0.5, 0.6) is 5.75 Å². The summed E-state index contributed by atoms with van der Waals surface area (Å²) < 4.78 is 5.83. The zero-order chi connectivity index (χ0) is 19.9. The zero-order valence-corrected chi connectivity index (χ0v) is 17.3. The number of aryl methyl sites for hydroxylation is 1. The van der Waals surface area contributed by atoms with Gasteiger partial charge in [0.2, 0.25) is 0 Å². The smallest absolute Gasteiger partial charge is 0.262 e. The number of ether oxygens (including phenoxy) is 1. The molecule has 0 aromatic heterocycles. The molecule has 1 aliphatic heterocycles. The van der Waals surface area contributed by atoms with Gasteiger partial charge in [0.25, 0.3) is 5.91 Å². The summed E-state index contributed by atoms with van der Waals surface area (Å²) in [7, 11) is 0. The number of benzene rings is 2. The van der Waals surface area contributed by atoms with Gasteiger partial charge in [0.05, 0.1) is 0 Å². The van der Waals surface area contributed by atoms with Gasteiger partial charge < -0.3 is 15.0 Å². The minimum Gasteiger partial charge on any atom is -0.483 e. The monoisotopic (exact) mass is 380 g/mol. The first-order valence-electron chi connectivity index (χ1n) is 10.4. The first-order valence-corrected chi connectivity index (χ1v) is 10.4. The Morgan fingerprint density at radius 1 is 1.04 bits per heavy atom. The van der Waals surface area contributed by atoms with Gasteiger partial charge in [-0.3, -0.25) is 4.79 Å². The topological polar surface area (TPSA) is 41.6 Å². The summed E-state index contributed by atoms with van der Waals surface area (Å²) in [6.07, 6.45) is 5.16. The molecule has 0 aliphatic carbocycles. The number of hydrogen-bond donors (Lipinski definition) is 1. The Balaban J connectivity index is 1.56. The van der Waals surface area contributed by atoms with Crippen LogP contribution < -0.4 is 15.0 Å². The second-order valence-corrected chi connectivity index (χ2v) is 7.98. The van der Waals surface area contributed by atoms with Crippen LogP contribution in [0.15, 0.2) is 42.5 Å². The molecule has 150 valence electrons. The van der Waals surface area contributed by atoms with Gasteiger partial charge in [-0.15, -0.1) is 0 Å². The third-order valence-corrected chi connectivity index (χ3v) is 5.27. The summed E-state index contributed by atoms with van der Waals surface area (Å²) in [6, 6.07) is 14.3. The van der Waals surface area contributed by atoms with E-state index >= 15 is 0 Å². The molecule has 1 saturated heterocycles. The van der Waals surface area contributed by atoms with Crippen LogP contribution in [0.25, 0.3) is 0 Å². The van der Waals surface area contributed by atoms with Gasteiger partial charge in [0.15, 0.2) is 6.61 Å². The number of nitrogens with zero attached hydrogens (tertiary/aromatic N) is 1. The van der Waals surface area contributed by atoms with Crippen LogP contribution in [0, 0.1) is 6.92 Å². The number of carbonyl (C=O) groups is 1. The molecule has 1 aliphatic rings. The van der Waals surface area contributed by atoms with Crippen LogP contribution in [-0.2, 0) is 4.79 Å². The Kier molecular flexibility index (Phi) is 6.96. The van der Waals surface area contributed by atoms with E-state index in [-0.39, 0.29) is 12.5 Å². The van der Waals surface area contributed by atoms with E-state index in [4.69, 9.17) is 4.74 Å². The lowest BCUT2D eigenvalue weighted by Gasteiger charge is -2.22. The normalized spacial score (nSPS) is 14.6. The van der Waals surface area contributed by atoms with E-state index in [0.29, 0.717) is 5.92 Å². The number of carbonyl (C=O) groups excluding carboxylic acids is 1. The number of amides is 1. The first kappa shape index (κ1) is 20.2. The molecule has 0 bridgehead atoms. The zero-order valence-electron chi connectivity index (χ0n) is 17.3. The molecule has 4 heteroatoms. The molecule has 0 unspecified atom stereocenters. The Morgan fingerprint density at radius 3 is 2.36 bits per heavy atom. The molecule has 0 saturated carbocycles. The van der Waals surface area contributed by atoms with Gasteiger partial charge in [0.1, 0.15) is 5.75 Å². The summed E-state index contributed by atoms with van der Waals surface area (Å²) in [5.74, 6) is 1.01. The highest BCUT2D eigenvalue weighted by Gasteiger charge is 2.12. The third kappa shape index (κ3) is 5.51. The third-order valence-electron chi connectivity index (χ3n) is 5.27. The van der Waals surface area contributed by atoms with Crippen LogP contribution in [0.2, 0.25) is 0 Å². The quantitative estimate of drug-likeness (QED) is 0.718. The predicted octanol–water partition coefficient (Wildman–Crippen LogP) is 5.52. The van der Waals surface area contributed by atoms with Crippen LogP contribution in [0.1, 0.15) is 56.6 Å². The summed E-state index contributed by atoms with van der Waals surface area (Å²) in [4.78, 5) is 14.8. The van der Waals surface area contributed by atoms with Gasteiger partial charge >= 0.3 is 0 Å². The fraction of sp³-hybridized carbons (Fsp3) is 0.458. The molecule has 0 spiro atoms. The second-order valence-electron chi connectivity index (χ2n) is 7.98. The van der Waals surface area contributed by atoms with E-state index in [1.54, 1.807) is 0 Å². The Morgan fingerprint density at radius 2 is 1.71 bits per heavy atom. The molecule has 2 aromatic carbocycles. The maximum Gasteiger partial charge on any atom is 0.262 e. The number of nitrogens with one attached hydrogen (secondary N) is 1. The summed E-state index contributed by atoms with van der Waals surface area (Å²) in [5, 5.41) is 2.94. The average Bonchev–Trinajstić information content (AvgIpc) is 2.96. The maximum absolute atomic E-state index is 12.3. The van der Waals surface area contributed by atoms with Gasteiger partial charge in [-0.05, 0) is 67.1 Å². The van der Waals surface area contributed by atoms with Gasteiger partial charge in [-0.25, -0.2) is 0 Å². The highest BCUT2D eigenvalue weighted by atomic mass is 16.5. The van der Waals surface area contributed by atoms with E-state index in [0.717, 1.165) is 35.7 Å². The molecular formula is C24H32N2O2. The molecule has 0 atom stereocenters. The van der Waals surface area contributed by atoms with Gasteiger partial charge in [0, 0.05) is 24.5 Å². The van der Waals surface area contributed by atoms with Crippen molar-refractivity contribution in [3.63, 3.8) is 0 Å². The maximum atomic E-state index is 12.3. The summed E-state index contributed by atoms with van der Waals surface area (Å²) in [6.45, 7) is 8.54. The molecule has 4 nitrogen and oxygen atoms in total. The first-order chi connectivity index (χ1) is 13.5. The molecular weight excluding hydrogens is 348 g/mol. The molecule has 1 fully saturated rings. The van der Waals surface area contributed by atoms with Crippen molar-refractivity contribution < 1.29 is 9.53 Å². The van der Waals surface area contributed by atoms with Gasteiger partial charge in [-0.2, -0.15) is 0 Å².